The molecule has 0 unspecified atom stereocenters. The second-order valence-electron chi connectivity index (χ2n) is 10.9. The van der Waals surface area contributed by atoms with Crippen molar-refractivity contribution in [3.8, 4) is 16.9 Å². The summed E-state index contributed by atoms with van der Waals surface area (Å²) >= 11 is 6.73. The standard InChI is InChI=1S/C31H31ClF2N6O2/c1-7-25(41)38-14-19(6)39(15-18(38)5)29-22-13-23(32)27(21-9-8-20(33)12-24(21)34)36-30(22)40(31(42)37-29)28-17(4)10-11-35-26(28)16(2)3/h7-13,16,18-19H,1,14-15H2,2-6H3/t18-,19+/m1/s1. The first-order valence-electron chi connectivity index (χ1n) is 13.7. The van der Waals surface area contributed by atoms with Crippen molar-refractivity contribution in [2.45, 2.75) is 52.6 Å². The molecule has 5 rings (SSSR count). The summed E-state index contributed by atoms with van der Waals surface area (Å²) < 4.78 is 30.1. The zero-order valence-electron chi connectivity index (χ0n) is 24.0. The van der Waals surface area contributed by atoms with Crippen molar-refractivity contribution in [1.29, 1.82) is 0 Å². The lowest BCUT2D eigenvalue weighted by Crippen LogP contribution is -2.58. The van der Waals surface area contributed by atoms with E-state index >= 15 is 0 Å². The van der Waals surface area contributed by atoms with Crippen molar-refractivity contribution in [3.05, 3.63) is 87.6 Å². The minimum atomic E-state index is -0.835. The molecule has 1 aliphatic rings. The summed E-state index contributed by atoms with van der Waals surface area (Å²) in [5.41, 5.74) is 1.63. The van der Waals surface area contributed by atoms with Crippen molar-refractivity contribution in [2.75, 3.05) is 18.0 Å². The Labute approximate surface area is 247 Å². The number of hydrogen-bond acceptors (Lipinski definition) is 6. The number of halogens is 3. The monoisotopic (exact) mass is 592 g/mol. The molecule has 3 aromatic heterocycles. The lowest BCUT2D eigenvalue weighted by Gasteiger charge is -2.44. The molecule has 1 amide bonds. The predicted molar refractivity (Wildman–Crippen MR) is 160 cm³/mol. The van der Waals surface area contributed by atoms with Crippen LogP contribution in [0, 0.1) is 18.6 Å². The highest BCUT2D eigenvalue weighted by Gasteiger charge is 2.34. The molecular formula is C31H31ClF2N6O2. The molecule has 4 heterocycles. The number of pyridine rings is 2. The Balaban J connectivity index is 1.83. The number of carbonyl (C=O) groups excluding carboxylic acids is 1. The van der Waals surface area contributed by atoms with E-state index in [1.807, 2.05) is 39.5 Å². The molecule has 0 bridgehead atoms. The summed E-state index contributed by atoms with van der Waals surface area (Å²) in [7, 11) is 0. The van der Waals surface area contributed by atoms with Crippen LogP contribution in [0.4, 0.5) is 14.6 Å². The van der Waals surface area contributed by atoms with Gasteiger partial charge in [-0.25, -0.2) is 23.1 Å². The van der Waals surface area contributed by atoms with Gasteiger partial charge in [-0.1, -0.05) is 32.0 Å². The molecule has 1 saturated heterocycles. The van der Waals surface area contributed by atoms with Crippen LogP contribution in [0.25, 0.3) is 28.0 Å². The Morgan fingerprint density at radius 1 is 1.12 bits per heavy atom. The molecule has 0 N–H and O–H groups in total. The van der Waals surface area contributed by atoms with Crippen LogP contribution < -0.4 is 10.6 Å². The van der Waals surface area contributed by atoms with E-state index in [0.29, 0.717) is 35.7 Å². The van der Waals surface area contributed by atoms with Gasteiger partial charge in [0.05, 0.1) is 27.5 Å². The van der Waals surface area contributed by atoms with Crippen LogP contribution in [0.1, 0.15) is 44.9 Å². The predicted octanol–water partition coefficient (Wildman–Crippen LogP) is 5.82. The van der Waals surface area contributed by atoms with E-state index < -0.39 is 17.3 Å². The van der Waals surface area contributed by atoms with Gasteiger partial charge in [0, 0.05) is 43.0 Å². The third-order valence-electron chi connectivity index (χ3n) is 7.63. The Morgan fingerprint density at radius 3 is 2.52 bits per heavy atom. The van der Waals surface area contributed by atoms with Crippen LogP contribution in [-0.2, 0) is 4.79 Å². The maximum Gasteiger partial charge on any atom is 0.355 e. The fraction of sp³-hybridized carbons (Fsp3) is 0.323. The number of amides is 1. The number of aromatic nitrogens is 4. The largest absolute Gasteiger partial charge is 0.355 e. The fourth-order valence-corrected chi connectivity index (χ4v) is 5.78. The molecule has 0 radical (unpaired) electrons. The number of aryl methyl sites for hydroxylation is 1. The summed E-state index contributed by atoms with van der Waals surface area (Å²) in [6.07, 6.45) is 2.97. The zero-order valence-corrected chi connectivity index (χ0v) is 24.8. The van der Waals surface area contributed by atoms with E-state index in [0.717, 1.165) is 17.7 Å². The van der Waals surface area contributed by atoms with Gasteiger partial charge in [-0.15, -0.1) is 0 Å². The molecule has 218 valence electrons. The molecule has 1 fully saturated rings. The summed E-state index contributed by atoms with van der Waals surface area (Å²) in [6, 6.07) is 6.15. The second kappa shape index (κ2) is 11.2. The van der Waals surface area contributed by atoms with Gasteiger partial charge in [0.25, 0.3) is 0 Å². The fourth-order valence-electron chi connectivity index (χ4n) is 5.53. The number of anilines is 1. The van der Waals surface area contributed by atoms with Gasteiger partial charge >= 0.3 is 5.69 Å². The Bertz CT molecular complexity index is 1790. The van der Waals surface area contributed by atoms with Gasteiger partial charge in [0.15, 0.2) is 5.65 Å². The van der Waals surface area contributed by atoms with E-state index in [4.69, 9.17) is 16.6 Å². The lowest BCUT2D eigenvalue weighted by molar-refractivity contribution is -0.128. The first-order chi connectivity index (χ1) is 19.9. The molecular weight excluding hydrogens is 562 g/mol. The summed E-state index contributed by atoms with van der Waals surface area (Å²) in [6.45, 7) is 14.0. The SMILES string of the molecule is C=CC(=O)N1C[C@H](C)N(c2nc(=O)n(-c3c(C)ccnc3C(C)C)c3nc(-c4ccc(F)cc4F)c(Cl)cc23)C[C@H]1C. The minimum Gasteiger partial charge on any atom is -0.349 e. The highest BCUT2D eigenvalue weighted by molar-refractivity contribution is 6.33. The van der Waals surface area contributed by atoms with Crippen molar-refractivity contribution >= 4 is 34.4 Å². The molecule has 2 atom stereocenters. The topological polar surface area (TPSA) is 84.2 Å². The third-order valence-corrected chi connectivity index (χ3v) is 7.92. The second-order valence-corrected chi connectivity index (χ2v) is 11.3. The number of rotatable bonds is 5. The van der Waals surface area contributed by atoms with Gasteiger partial charge in [-0.2, -0.15) is 4.98 Å². The van der Waals surface area contributed by atoms with Crippen LogP contribution in [0.2, 0.25) is 5.02 Å². The number of carbonyl (C=O) groups is 1. The Kier molecular flexibility index (Phi) is 7.85. The Hall–Kier alpha value is -4.18. The average molecular weight is 593 g/mol. The average Bonchev–Trinajstić information content (AvgIpc) is 2.94. The lowest BCUT2D eigenvalue weighted by atomic mass is 10.0. The summed E-state index contributed by atoms with van der Waals surface area (Å²) in [5, 5.41) is 0.570. The van der Waals surface area contributed by atoms with Crippen molar-refractivity contribution in [3.63, 3.8) is 0 Å². The molecule has 11 heteroatoms. The van der Waals surface area contributed by atoms with E-state index in [9.17, 15) is 18.4 Å². The van der Waals surface area contributed by atoms with Gasteiger partial charge < -0.3 is 9.80 Å². The molecule has 0 saturated carbocycles. The molecule has 42 heavy (non-hydrogen) atoms. The van der Waals surface area contributed by atoms with E-state index in [1.54, 1.807) is 23.2 Å². The number of benzene rings is 1. The van der Waals surface area contributed by atoms with Crippen molar-refractivity contribution < 1.29 is 13.6 Å². The van der Waals surface area contributed by atoms with Crippen LogP contribution in [0.3, 0.4) is 0 Å². The van der Waals surface area contributed by atoms with Crippen LogP contribution in [0.15, 0.2) is 54.0 Å². The maximum atomic E-state index is 15.0. The highest BCUT2D eigenvalue weighted by Crippen LogP contribution is 2.36. The highest BCUT2D eigenvalue weighted by atomic mass is 35.5. The quantitative estimate of drug-likeness (QED) is 0.272. The zero-order chi connectivity index (χ0) is 30.5. The number of fused-ring (bicyclic) bond motifs is 1. The first kappa shape index (κ1) is 29.3. The molecule has 4 aromatic rings. The number of nitrogens with zero attached hydrogens (tertiary/aromatic N) is 6. The van der Waals surface area contributed by atoms with Crippen LogP contribution in [-0.4, -0.2) is 55.5 Å². The van der Waals surface area contributed by atoms with E-state index in [2.05, 4.69) is 16.5 Å². The van der Waals surface area contributed by atoms with Gasteiger partial charge in [0.1, 0.15) is 17.5 Å². The van der Waals surface area contributed by atoms with E-state index in [-0.39, 0.29) is 45.8 Å². The third kappa shape index (κ3) is 5.04. The van der Waals surface area contributed by atoms with Crippen molar-refractivity contribution in [1.82, 2.24) is 24.4 Å². The van der Waals surface area contributed by atoms with Gasteiger partial charge in [0.2, 0.25) is 5.91 Å². The first-order valence-corrected chi connectivity index (χ1v) is 14.0. The number of piperazine rings is 1. The molecule has 1 aliphatic heterocycles. The maximum absolute atomic E-state index is 15.0. The molecule has 8 nitrogen and oxygen atoms in total. The molecule has 0 spiro atoms. The normalized spacial score (nSPS) is 17.3. The van der Waals surface area contributed by atoms with Crippen LogP contribution in [0.5, 0.6) is 0 Å². The van der Waals surface area contributed by atoms with Gasteiger partial charge in [-0.3, -0.25) is 9.78 Å². The Morgan fingerprint density at radius 2 is 1.86 bits per heavy atom. The smallest absolute Gasteiger partial charge is 0.349 e. The summed E-state index contributed by atoms with van der Waals surface area (Å²) in [4.78, 5) is 44.0. The van der Waals surface area contributed by atoms with Crippen LogP contribution >= 0.6 is 11.6 Å². The van der Waals surface area contributed by atoms with E-state index in [1.165, 1.54) is 16.7 Å². The van der Waals surface area contributed by atoms with Crippen molar-refractivity contribution in [2.24, 2.45) is 0 Å². The minimum absolute atomic E-state index is 0.00815. The van der Waals surface area contributed by atoms with Gasteiger partial charge in [-0.05, 0) is 62.6 Å². The molecule has 0 aliphatic carbocycles. The summed E-state index contributed by atoms with van der Waals surface area (Å²) in [5.74, 6) is -1.44. The molecule has 1 aromatic carbocycles. The number of hydrogen-bond donors (Lipinski definition) is 0.